The summed E-state index contributed by atoms with van der Waals surface area (Å²) in [6, 6.07) is 9.47. The number of benzene rings is 2. The van der Waals surface area contributed by atoms with Crippen LogP contribution in [0.25, 0.3) is 0 Å². The van der Waals surface area contributed by atoms with Gasteiger partial charge in [0.2, 0.25) is 15.9 Å². The maximum atomic E-state index is 13.6. The topological polar surface area (TPSA) is 69.7 Å². The summed E-state index contributed by atoms with van der Waals surface area (Å²) in [4.78, 5) is 15.1. The van der Waals surface area contributed by atoms with E-state index in [9.17, 15) is 22.0 Å². The Morgan fingerprint density at radius 1 is 1.10 bits per heavy atom. The summed E-state index contributed by atoms with van der Waals surface area (Å²) in [5.74, 6) is -2.82. The molecule has 6 nitrogen and oxygen atoms in total. The largest absolute Gasteiger partial charge is 0.350 e. The van der Waals surface area contributed by atoms with E-state index in [0.29, 0.717) is 0 Å². The lowest BCUT2D eigenvalue weighted by atomic mass is 10.1. The van der Waals surface area contributed by atoms with Crippen LogP contribution in [-0.2, 0) is 27.9 Å². The maximum Gasteiger partial charge on any atom is 0.243 e. The molecule has 0 aromatic heterocycles. The second kappa shape index (κ2) is 9.74. The van der Waals surface area contributed by atoms with Gasteiger partial charge in [-0.1, -0.05) is 24.3 Å². The molecule has 0 aliphatic carbocycles. The molecule has 1 N–H and O–H groups in total. The van der Waals surface area contributed by atoms with Crippen molar-refractivity contribution in [3.05, 3.63) is 65.2 Å². The van der Waals surface area contributed by atoms with Gasteiger partial charge in [-0.05, 0) is 56.1 Å². The van der Waals surface area contributed by atoms with Crippen LogP contribution in [0, 0.1) is 11.6 Å². The van der Waals surface area contributed by atoms with E-state index in [1.165, 1.54) is 19.8 Å². The lowest BCUT2D eigenvalue weighted by Crippen LogP contribution is -2.47. The highest BCUT2D eigenvalue weighted by Gasteiger charge is 2.29. The summed E-state index contributed by atoms with van der Waals surface area (Å²) in [5, 5.41) is 2.74. The highest BCUT2D eigenvalue weighted by molar-refractivity contribution is 7.92. The third kappa shape index (κ3) is 6.01. The van der Waals surface area contributed by atoms with Gasteiger partial charge in [-0.3, -0.25) is 14.0 Å². The molecule has 31 heavy (non-hydrogen) atoms. The molecule has 0 spiro atoms. The summed E-state index contributed by atoms with van der Waals surface area (Å²) in [7, 11) is -3.92. The van der Waals surface area contributed by atoms with Gasteiger partial charge in [0.25, 0.3) is 0 Å². The van der Waals surface area contributed by atoms with E-state index >= 15 is 0 Å². The summed E-state index contributed by atoms with van der Waals surface area (Å²) < 4.78 is 52.3. The molecule has 0 bridgehead atoms. The van der Waals surface area contributed by atoms with Gasteiger partial charge < -0.3 is 5.32 Å². The number of hydrogen-bond acceptors (Lipinski definition) is 4. The van der Waals surface area contributed by atoms with Gasteiger partial charge in [-0.15, -0.1) is 0 Å². The van der Waals surface area contributed by atoms with Crippen molar-refractivity contribution < 1.29 is 22.0 Å². The summed E-state index contributed by atoms with van der Waals surface area (Å²) >= 11 is 0. The highest BCUT2D eigenvalue weighted by atomic mass is 32.2. The predicted molar refractivity (Wildman–Crippen MR) is 116 cm³/mol. The number of amides is 1. The number of nitrogens with zero attached hydrogens (tertiary/aromatic N) is 2. The van der Waals surface area contributed by atoms with E-state index in [2.05, 4.69) is 10.2 Å². The normalized spacial score (nSPS) is 15.6. The minimum atomic E-state index is -3.92. The van der Waals surface area contributed by atoms with Gasteiger partial charge in [0.15, 0.2) is 11.6 Å². The lowest BCUT2D eigenvalue weighted by Gasteiger charge is -2.28. The molecule has 2 aromatic rings. The van der Waals surface area contributed by atoms with Crippen LogP contribution in [0.3, 0.4) is 0 Å². The number of nitrogens with one attached hydrogen (secondary N) is 1. The van der Waals surface area contributed by atoms with Crippen molar-refractivity contribution in [1.29, 1.82) is 0 Å². The van der Waals surface area contributed by atoms with Gasteiger partial charge in [-0.25, -0.2) is 17.2 Å². The molecule has 168 valence electrons. The first kappa shape index (κ1) is 23.1. The summed E-state index contributed by atoms with van der Waals surface area (Å²) in [5.41, 5.74) is 1.94. The fraction of sp³-hybridized carbons (Fsp3) is 0.409. The number of sulfonamides is 1. The molecule has 1 aliphatic rings. The SMILES string of the molecule is CC(C(=O)NCc1cccc(CN2CCCC2)c1)N(c1ccc(F)c(F)c1)S(C)(=O)=O. The van der Waals surface area contributed by atoms with Crippen molar-refractivity contribution in [2.45, 2.75) is 38.9 Å². The molecule has 1 amide bonds. The predicted octanol–water partition coefficient (Wildman–Crippen LogP) is 3.03. The molecule has 1 saturated heterocycles. The molecule has 1 unspecified atom stereocenters. The van der Waals surface area contributed by atoms with Crippen LogP contribution < -0.4 is 9.62 Å². The Bertz CT molecular complexity index is 1040. The Morgan fingerprint density at radius 3 is 2.42 bits per heavy atom. The Hall–Kier alpha value is -2.52. The molecule has 1 atom stereocenters. The van der Waals surface area contributed by atoms with E-state index in [-0.39, 0.29) is 12.2 Å². The first-order chi connectivity index (χ1) is 14.6. The molecule has 0 saturated carbocycles. The summed E-state index contributed by atoms with van der Waals surface area (Å²) in [6.07, 6.45) is 3.34. The quantitative estimate of drug-likeness (QED) is 0.670. The van der Waals surface area contributed by atoms with Crippen molar-refractivity contribution in [2.75, 3.05) is 23.7 Å². The Balaban J connectivity index is 1.68. The Morgan fingerprint density at radius 2 is 1.77 bits per heavy atom. The summed E-state index contributed by atoms with van der Waals surface area (Å²) in [6.45, 7) is 4.66. The van der Waals surface area contributed by atoms with Crippen LogP contribution in [0.5, 0.6) is 0 Å². The van der Waals surface area contributed by atoms with Crippen molar-refractivity contribution in [1.82, 2.24) is 10.2 Å². The van der Waals surface area contributed by atoms with E-state index in [4.69, 9.17) is 0 Å². The first-order valence-electron chi connectivity index (χ1n) is 10.2. The van der Waals surface area contributed by atoms with Crippen LogP contribution in [0.15, 0.2) is 42.5 Å². The highest BCUT2D eigenvalue weighted by Crippen LogP contribution is 2.23. The molecular formula is C22H27F2N3O3S. The van der Waals surface area contributed by atoms with Gasteiger partial charge in [-0.2, -0.15) is 0 Å². The Labute approximate surface area is 181 Å². The number of hydrogen-bond donors (Lipinski definition) is 1. The smallest absolute Gasteiger partial charge is 0.243 e. The van der Waals surface area contributed by atoms with Crippen LogP contribution in [0.1, 0.15) is 30.9 Å². The van der Waals surface area contributed by atoms with Crippen molar-refractivity contribution in [2.24, 2.45) is 0 Å². The Kier molecular flexibility index (Phi) is 7.27. The number of halogens is 2. The van der Waals surface area contributed by atoms with E-state index in [1.54, 1.807) is 0 Å². The van der Waals surface area contributed by atoms with Gasteiger partial charge in [0.05, 0.1) is 11.9 Å². The number of likely N-dealkylation sites (tertiary alicyclic amines) is 1. The zero-order chi connectivity index (χ0) is 22.6. The third-order valence-electron chi connectivity index (χ3n) is 5.31. The zero-order valence-electron chi connectivity index (χ0n) is 17.6. The molecule has 3 rings (SSSR count). The van der Waals surface area contributed by atoms with Crippen LogP contribution in [-0.4, -0.2) is 44.6 Å². The van der Waals surface area contributed by atoms with Crippen molar-refractivity contribution in [3.8, 4) is 0 Å². The van der Waals surface area contributed by atoms with Crippen LogP contribution in [0.4, 0.5) is 14.5 Å². The van der Waals surface area contributed by atoms with E-state index < -0.39 is 33.6 Å². The second-order valence-corrected chi connectivity index (χ2v) is 9.71. The van der Waals surface area contributed by atoms with Gasteiger partial charge >= 0.3 is 0 Å². The van der Waals surface area contributed by atoms with Crippen LogP contribution >= 0.6 is 0 Å². The minimum absolute atomic E-state index is 0.114. The third-order valence-corrected chi connectivity index (χ3v) is 6.55. The van der Waals surface area contributed by atoms with E-state index in [0.717, 1.165) is 59.5 Å². The molecule has 9 heteroatoms. The fourth-order valence-corrected chi connectivity index (χ4v) is 4.97. The average molecular weight is 452 g/mol. The molecule has 0 radical (unpaired) electrons. The van der Waals surface area contributed by atoms with Gasteiger partial charge in [0.1, 0.15) is 6.04 Å². The fourth-order valence-electron chi connectivity index (χ4n) is 3.80. The van der Waals surface area contributed by atoms with Crippen LogP contribution in [0.2, 0.25) is 0 Å². The molecule has 1 aliphatic heterocycles. The minimum Gasteiger partial charge on any atom is -0.350 e. The lowest BCUT2D eigenvalue weighted by molar-refractivity contribution is -0.122. The number of carbonyl (C=O) groups is 1. The zero-order valence-corrected chi connectivity index (χ0v) is 18.5. The standard InChI is InChI=1S/C22H27F2N3O3S/c1-16(27(31(2,29)30)19-8-9-20(23)21(24)13-19)22(28)25-14-17-6-5-7-18(12-17)15-26-10-3-4-11-26/h5-9,12-13,16H,3-4,10-11,14-15H2,1-2H3,(H,25,28). The number of rotatable bonds is 8. The molecule has 2 aromatic carbocycles. The van der Waals surface area contributed by atoms with Gasteiger partial charge in [0, 0.05) is 19.2 Å². The average Bonchev–Trinajstić information content (AvgIpc) is 3.21. The monoisotopic (exact) mass is 451 g/mol. The van der Waals surface area contributed by atoms with E-state index in [1.807, 2.05) is 24.3 Å². The maximum absolute atomic E-state index is 13.6. The number of carbonyl (C=O) groups excluding carboxylic acids is 1. The number of anilines is 1. The van der Waals surface area contributed by atoms with Crippen molar-refractivity contribution >= 4 is 21.6 Å². The molecule has 1 fully saturated rings. The molecule has 1 heterocycles. The molecular weight excluding hydrogens is 424 g/mol. The second-order valence-electron chi connectivity index (χ2n) is 7.85. The van der Waals surface area contributed by atoms with Crippen molar-refractivity contribution in [3.63, 3.8) is 0 Å². The first-order valence-corrected chi connectivity index (χ1v) is 12.0.